The third kappa shape index (κ3) is 5.50. The summed E-state index contributed by atoms with van der Waals surface area (Å²) in [6.45, 7) is 13.2. The number of rotatable bonds is 5. The zero-order valence-corrected chi connectivity index (χ0v) is 12.5. The standard InChI is InChI=1S/C17H27N/c1-14(2)13-18-12-6-7-15-8-10-16(11-9-15)17(3,4)5/h6-11,14,18H,12-13H2,1-5H3. The normalized spacial score (nSPS) is 12.6. The van der Waals surface area contributed by atoms with Crippen molar-refractivity contribution in [3.8, 4) is 0 Å². The summed E-state index contributed by atoms with van der Waals surface area (Å²) in [7, 11) is 0. The van der Waals surface area contributed by atoms with Gasteiger partial charge in [-0.25, -0.2) is 0 Å². The Morgan fingerprint density at radius 1 is 1.11 bits per heavy atom. The fraction of sp³-hybridized carbons (Fsp3) is 0.529. The summed E-state index contributed by atoms with van der Waals surface area (Å²) < 4.78 is 0. The van der Waals surface area contributed by atoms with Gasteiger partial charge in [-0.05, 0) is 29.0 Å². The maximum atomic E-state index is 3.40. The van der Waals surface area contributed by atoms with Crippen LogP contribution in [0, 0.1) is 5.92 Å². The van der Waals surface area contributed by atoms with E-state index in [1.165, 1.54) is 11.1 Å². The van der Waals surface area contributed by atoms with Crippen LogP contribution in [0.3, 0.4) is 0 Å². The topological polar surface area (TPSA) is 12.0 Å². The largest absolute Gasteiger partial charge is 0.313 e. The molecule has 18 heavy (non-hydrogen) atoms. The van der Waals surface area contributed by atoms with Crippen LogP contribution in [0.15, 0.2) is 30.3 Å². The minimum Gasteiger partial charge on any atom is -0.313 e. The molecule has 0 saturated heterocycles. The van der Waals surface area contributed by atoms with Crippen LogP contribution >= 0.6 is 0 Å². The summed E-state index contributed by atoms with van der Waals surface area (Å²) in [6.07, 6.45) is 4.37. The first-order valence-corrected chi connectivity index (χ1v) is 6.87. The van der Waals surface area contributed by atoms with Crippen molar-refractivity contribution in [3.05, 3.63) is 41.5 Å². The van der Waals surface area contributed by atoms with Crippen LogP contribution in [0.2, 0.25) is 0 Å². The lowest BCUT2D eigenvalue weighted by atomic mass is 9.87. The van der Waals surface area contributed by atoms with Crippen LogP contribution in [0.1, 0.15) is 45.7 Å². The summed E-state index contributed by atoms with van der Waals surface area (Å²) in [5.41, 5.74) is 2.90. The van der Waals surface area contributed by atoms with E-state index in [-0.39, 0.29) is 5.41 Å². The third-order valence-electron chi connectivity index (χ3n) is 2.90. The first kappa shape index (κ1) is 15.0. The number of nitrogens with one attached hydrogen (secondary N) is 1. The van der Waals surface area contributed by atoms with E-state index in [4.69, 9.17) is 0 Å². The maximum absolute atomic E-state index is 3.40. The Kier molecular flexibility index (Phi) is 5.61. The first-order valence-electron chi connectivity index (χ1n) is 6.87. The molecule has 0 aromatic heterocycles. The molecule has 1 rings (SSSR count). The van der Waals surface area contributed by atoms with Crippen molar-refractivity contribution in [2.75, 3.05) is 13.1 Å². The molecule has 0 aliphatic rings. The van der Waals surface area contributed by atoms with E-state index in [1.807, 2.05) is 0 Å². The molecular weight excluding hydrogens is 218 g/mol. The Balaban J connectivity index is 2.46. The van der Waals surface area contributed by atoms with Crippen LogP contribution in [-0.2, 0) is 5.41 Å². The lowest BCUT2D eigenvalue weighted by molar-refractivity contribution is 0.577. The summed E-state index contributed by atoms with van der Waals surface area (Å²) in [6, 6.07) is 8.83. The molecule has 100 valence electrons. The fourth-order valence-electron chi connectivity index (χ4n) is 1.74. The molecule has 0 atom stereocenters. The SMILES string of the molecule is CC(C)CNCC=Cc1ccc(C(C)(C)C)cc1. The van der Waals surface area contributed by atoms with Gasteiger partial charge in [0.2, 0.25) is 0 Å². The minimum absolute atomic E-state index is 0.237. The second-order valence-electron chi connectivity index (χ2n) is 6.33. The molecule has 0 aliphatic heterocycles. The highest BCUT2D eigenvalue weighted by Crippen LogP contribution is 2.22. The summed E-state index contributed by atoms with van der Waals surface area (Å²) in [5, 5.41) is 3.40. The van der Waals surface area contributed by atoms with Gasteiger partial charge < -0.3 is 5.32 Å². The van der Waals surface area contributed by atoms with Gasteiger partial charge in [-0.2, -0.15) is 0 Å². The summed E-state index contributed by atoms with van der Waals surface area (Å²) in [4.78, 5) is 0. The van der Waals surface area contributed by atoms with E-state index >= 15 is 0 Å². The van der Waals surface area contributed by atoms with Gasteiger partial charge >= 0.3 is 0 Å². The van der Waals surface area contributed by atoms with Crippen LogP contribution < -0.4 is 5.32 Å². The van der Waals surface area contributed by atoms with Crippen molar-refractivity contribution in [1.29, 1.82) is 0 Å². The molecular formula is C17H27N. The van der Waals surface area contributed by atoms with Crippen LogP contribution in [-0.4, -0.2) is 13.1 Å². The van der Waals surface area contributed by atoms with Crippen LogP contribution in [0.5, 0.6) is 0 Å². The molecule has 0 fully saturated rings. The van der Waals surface area contributed by atoms with Gasteiger partial charge in [-0.15, -0.1) is 0 Å². The Hall–Kier alpha value is -1.08. The van der Waals surface area contributed by atoms with Crippen molar-refractivity contribution < 1.29 is 0 Å². The van der Waals surface area contributed by atoms with Gasteiger partial charge in [0.15, 0.2) is 0 Å². The Labute approximate surface area is 112 Å². The zero-order valence-electron chi connectivity index (χ0n) is 12.5. The van der Waals surface area contributed by atoms with Gasteiger partial charge in [0.1, 0.15) is 0 Å². The lowest BCUT2D eigenvalue weighted by Crippen LogP contribution is -2.19. The molecule has 0 spiro atoms. The molecule has 1 heteroatoms. The summed E-state index contributed by atoms with van der Waals surface area (Å²) in [5.74, 6) is 0.712. The van der Waals surface area contributed by atoms with Gasteiger partial charge in [0, 0.05) is 6.54 Å². The van der Waals surface area contributed by atoms with Crippen LogP contribution in [0.25, 0.3) is 6.08 Å². The van der Waals surface area contributed by atoms with E-state index < -0.39 is 0 Å². The van der Waals surface area contributed by atoms with Crippen molar-refractivity contribution >= 4 is 6.08 Å². The number of hydrogen-bond donors (Lipinski definition) is 1. The van der Waals surface area contributed by atoms with E-state index in [0.717, 1.165) is 13.1 Å². The molecule has 0 saturated carbocycles. The molecule has 1 nitrogen and oxygen atoms in total. The van der Waals surface area contributed by atoms with Crippen LogP contribution in [0.4, 0.5) is 0 Å². The monoisotopic (exact) mass is 245 g/mol. The zero-order chi connectivity index (χ0) is 13.6. The Morgan fingerprint density at radius 2 is 1.72 bits per heavy atom. The predicted molar refractivity (Wildman–Crippen MR) is 81.9 cm³/mol. The third-order valence-corrected chi connectivity index (χ3v) is 2.90. The second-order valence-corrected chi connectivity index (χ2v) is 6.33. The van der Waals surface area contributed by atoms with E-state index in [0.29, 0.717) is 5.92 Å². The highest BCUT2D eigenvalue weighted by molar-refractivity contribution is 5.50. The fourth-order valence-corrected chi connectivity index (χ4v) is 1.74. The van der Waals surface area contributed by atoms with E-state index in [2.05, 4.69) is 76.4 Å². The molecule has 1 aromatic rings. The number of benzene rings is 1. The average molecular weight is 245 g/mol. The van der Waals surface area contributed by atoms with Crippen molar-refractivity contribution in [2.45, 2.75) is 40.0 Å². The molecule has 0 bridgehead atoms. The lowest BCUT2D eigenvalue weighted by Gasteiger charge is -2.18. The Morgan fingerprint density at radius 3 is 2.22 bits per heavy atom. The van der Waals surface area contributed by atoms with E-state index in [9.17, 15) is 0 Å². The first-order chi connectivity index (χ1) is 8.39. The Bertz CT molecular complexity index is 366. The molecule has 0 aliphatic carbocycles. The summed E-state index contributed by atoms with van der Waals surface area (Å²) >= 11 is 0. The molecule has 0 heterocycles. The average Bonchev–Trinajstić information content (AvgIpc) is 2.27. The van der Waals surface area contributed by atoms with Gasteiger partial charge in [-0.3, -0.25) is 0 Å². The maximum Gasteiger partial charge on any atom is 0.0138 e. The van der Waals surface area contributed by atoms with Gasteiger partial charge in [-0.1, -0.05) is 71.0 Å². The molecule has 0 amide bonds. The smallest absolute Gasteiger partial charge is 0.0138 e. The molecule has 0 unspecified atom stereocenters. The second kappa shape index (κ2) is 6.75. The van der Waals surface area contributed by atoms with Crippen molar-refractivity contribution in [2.24, 2.45) is 5.92 Å². The quantitative estimate of drug-likeness (QED) is 0.765. The predicted octanol–water partition coefficient (Wildman–Crippen LogP) is 4.24. The van der Waals surface area contributed by atoms with Gasteiger partial charge in [0.25, 0.3) is 0 Å². The number of hydrogen-bond acceptors (Lipinski definition) is 1. The molecule has 0 radical (unpaired) electrons. The molecule has 1 N–H and O–H groups in total. The minimum atomic E-state index is 0.237. The highest BCUT2D eigenvalue weighted by atomic mass is 14.8. The van der Waals surface area contributed by atoms with Crippen molar-refractivity contribution in [3.63, 3.8) is 0 Å². The highest BCUT2D eigenvalue weighted by Gasteiger charge is 2.12. The molecule has 1 aromatic carbocycles. The van der Waals surface area contributed by atoms with Gasteiger partial charge in [0.05, 0.1) is 0 Å². The van der Waals surface area contributed by atoms with Crippen molar-refractivity contribution in [1.82, 2.24) is 5.32 Å². The van der Waals surface area contributed by atoms with E-state index in [1.54, 1.807) is 0 Å².